The second-order valence-electron chi connectivity index (χ2n) is 6.96. The van der Waals surface area contributed by atoms with Crippen molar-refractivity contribution in [1.82, 2.24) is 10.2 Å². The number of anilines is 4. The smallest absolute Gasteiger partial charge is 0.320 e. The van der Waals surface area contributed by atoms with Crippen LogP contribution in [0.1, 0.15) is 35.5 Å². The number of carbonyl (C=O) groups excluding carboxylic acids is 1. The Morgan fingerprint density at radius 2 is 1.79 bits per heavy atom. The molecule has 4 rings (SSSR count). The molecule has 2 aromatic carbocycles. The van der Waals surface area contributed by atoms with Crippen LogP contribution < -0.4 is 15.5 Å². The number of amides is 1. The maximum atomic E-state index is 12.4. The number of benzene rings is 2. The fourth-order valence-electron chi connectivity index (χ4n) is 3.30. The zero-order chi connectivity index (χ0) is 19.3. The molecule has 0 bridgehead atoms. The highest BCUT2D eigenvalue weighted by Crippen LogP contribution is 2.22. The van der Waals surface area contributed by atoms with E-state index >= 15 is 0 Å². The van der Waals surface area contributed by atoms with Gasteiger partial charge in [0.2, 0.25) is 0 Å². The van der Waals surface area contributed by atoms with E-state index in [0.29, 0.717) is 5.69 Å². The SMILES string of the molecule is Cc1cccc(Nc2nnc(C(=O)Nc3ccc(N4CCCCC4)cc3)o2)c1. The molecule has 2 N–H and O–H groups in total. The average Bonchev–Trinajstić information content (AvgIpc) is 3.18. The predicted octanol–water partition coefficient (Wildman–Crippen LogP) is 4.36. The van der Waals surface area contributed by atoms with Gasteiger partial charge >= 0.3 is 17.8 Å². The van der Waals surface area contributed by atoms with Crippen molar-refractivity contribution in [2.24, 2.45) is 0 Å². The lowest BCUT2D eigenvalue weighted by molar-refractivity contribution is 0.0991. The van der Waals surface area contributed by atoms with Gasteiger partial charge in [0.05, 0.1) is 0 Å². The minimum absolute atomic E-state index is 0.0877. The standard InChI is InChI=1S/C21H23N5O2/c1-15-6-5-7-17(14-15)23-21-25-24-20(28-21)19(27)22-16-8-10-18(11-9-16)26-12-3-2-4-13-26/h5-11,14H,2-4,12-13H2,1H3,(H,22,27)(H,23,25). The lowest BCUT2D eigenvalue weighted by Crippen LogP contribution is -2.29. The fraction of sp³-hybridized carbons (Fsp3) is 0.286. The van der Waals surface area contributed by atoms with E-state index in [1.807, 2.05) is 55.5 Å². The van der Waals surface area contributed by atoms with Crippen LogP contribution in [0.3, 0.4) is 0 Å². The topological polar surface area (TPSA) is 83.3 Å². The highest BCUT2D eigenvalue weighted by Gasteiger charge is 2.16. The first-order valence-corrected chi connectivity index (χ1v) is 9.51. The second kappa shape index (κ2) is 8.12. The van der Waals surface area contributed by atoms with E-state index in [-0.39, 0.29) is 11.9 Å². The van der Waals surface area contributed by atoms with Crippen molar-refractivity contribution >= 4 is 29.0 Å². The first-order chi connectivity index (χ1) is 13.7. The summed E-state index contributed by atoms with van der Waals surface area (Å²) in [7, 11) is 0. The van der Waals surface area contributed by atoms with Gasteiger partial charge in [-0.15, -0.1) is 5.10 Å². The third-order valence-electron chi connectivity index (χ3n) is 4.73. The number of hydrogen-bond donors (Lipinski definition) is 2. The van der Waals surface area contributed by atoms with Crippen LogP contribution in [0.2, 0.25) is 0 Å². The van der Waals surface area contributed by atoms with Crippen LogP contribution in [0, 0.1) is 6.92 Å². The lowest BCUT2D eigenvalue weighted by Gasteiger charge is -2.28. The van der Waals surface area contributed by atoms with Gasteiger partial charge in [-0.25, -0.2) is 0 Å². The Kier molecular flexibility index (Phi) is 5.23. The van der Waals surface area contributed by atoms with Crippen LogP contribution in [0.4, 0.5) is 23.1 Å². The van der Waals surface area contributed by atoms with Crippen molar-refractivity contribution in [3.05, 3.63) is 60.0 Å². The van der Waals surface area contributed by atoms with Crippen molar-refractivity contribution in [3.63, 3.8) is 0 Å². The summed E-state index contributed by atoms with van der Waals surface area (Å²) in [6.07, 6.45) is 3.76. The molecule has 0 saturated carbocycles. The average molecular weight is 377 g/mol. The minimum Gasteiger partial charge on any atom is -0.399 e. The molecule has 28 heavy (non-hydrogen) atoms. The van der Waals surface area contributed by atoms with Crippen molar-refractivity contribution < 1.29 is 9.21 Å². The van der Waals surface area contributed by atoms with E-state index in [1.54, 1.807) is 0 Å². The predicted molar refractivity (Wildman–Crippen MR) is 109 cm³/mol. The van der Waals surface area contributed by atoms with Gasteiger partial charge in [0.25, 0.3) is 0 Å². The minimum atomic E-state index is -0.435. The Morgan fingerprint density at radius 3 is 2.54 bits per heavy atom. The Labute approximate surface area is 163 Å². The molecule has 1 aliphatic rings. The summed E-state index contributed by atoms with van der Waals surface area (Å²) in [5.74, 6) is -0.522. The number of nitrogens with one attached hydrogen (secondary N) is 2. The van der Waals surface area contributed by atoms with E-state index in [4.69, 9.17) is 4.42 Å². The summed E-state index contributed by atoms with van der Waals surface area (Å²) in [5, 5.41) is 13.5. The normalized spacial score (nSPS) is 14.0. The van der Waals surface area contributed by atoms with Crippen molar-refractivity contribution in [3.8, 4) is 0 Å². The monoisotopic (exact) mass is 377 g/mol. The first-order valence-electron chi connectivity index (χ1n) is 9.51. The number of nitrogens with zero attached hydrogens (tertiary/aromatic N) is 3. The van der Waals surface area contributed by atoms with Gasteiger partial charge in [-0.3, -0.25) is 4.79 Å². The number of piperidine rings is 1. The molecule has 0 radical (unpaired) electrons. The Hall–Kier alpha value is -3.35. The van der Waals surface area contributed by atoms with E-state index in [2.05, 4.69) is 25.7 Å². The van der Waals surface area contributed by atoms with Crippen molar-refractivity contribution in [2.45, 2.75) is 26.2 Å². The quantitative estimate of drug-likeness (QED) is 0.687. The summed E-state index contributed by atoms with van der Waals surface area (Å²) in [4.78, 5) is 14.7. The molecule has 0 atom stereocenters. The van der Waals surface area contributed by atoms with Gasteiger partial charge in [0.1, 0.15) is 0 Å². The summed E-state index contributed by atoms with van der Waals surface area (Å²) in [6.45, 7) is 4.17. The molecule has 0 unspecified atom stereocenters. The summed E-state index contributed by atoms with van der Waals surface area (Å²) < 4.78 is 5.43. The number of aryl methyl sites for hydroxylation is 1. The van der Waals surface area contributed by atoms with E-state index in [9.17, 15) is 4.79 Å². The van der Waals surface area contributed by atoms with Crippen molar-refractivity contribution in [2.75, 3.05) is 28.6 Å². The van der Waals surface area contributed by atoms with E-state index in [1.165, 1.54) is 24.9 Å². The molecule has 3 aromatic rings. The van der Waals surface area contributed by atoms with Gasteiger partial charge in [0.15, 0.2) is 0 Å². The van der Waals surface area contributed by atoms with Crippen LogP contribution in [0.15, 0.2) is 52.9 Å². The summed E-state index contributed by atoms with van der Waals surface area (Å²) >= 11 is 0. The molecule has 1 aliphatic heterocycles. The van der Waals surface area contributed by atoms with Crippen molar-refractivity contribution in [1.29, 1.82) is 0 Å². The molecule has 7 heteroatoms. The third-order valence-corrected chi connectivity index (χ3v) is 4.73. The highest BCUT2D eigenvalue weighted by molar-refractivity contribution is 6.01. The number of rotatable bonds is 5. The fourth-order valence-corrected chi connectivity index (χ4v) is 3.30. The Balaban J connectivity index is 1.37. The molecular weight excluding hydrogens is 354 g/mol. The summed E-state index contributed by atoms with van der Waals surface area (Å²) in [6, 6.07) is 15.8. The van der Waals surface area contributed by atoms with Gasteiger partial charge in [-0.05, 0) is 68.1 Å². The Morgan fingerprint density at radius 1 is 1.00 bits per heavy atom. The van der Waals surface area contributed by atoms with Crippen LogP contribution in [0.25, 0.3) is 0 Å². The van der Waals surface area contributed by atoms with Gasteiger partial charge < -0.3 is 20.0 Å². The molecule has 1 aromatic heterocycles. The van der Waals surface area contributed by atoms with Crippen LogP contribution in [-0.2, 0) is 0 Å². The zero-order valence-electron chi connectivity index (χ0n) is 15.8. The molecular formula is C21H23N5O2. The van der Waals surface area contributed by atoms with Crippen LogP contribution in [0.5, 0.6) is 0 Å². The largest absolute Gasteiger partial charge is 0.399 e. The maximum Gasteiger partial charge on any atom is 0.320 e. The molecule has 144 valence electrons. The number of carbonyl (C=O) groups is 1. The molecule has 0 spiro atoms. The molecule has 1 amide bonds. The van der Waals surface area contributed by atoms with E-state index < -0.39 is 5.91 Å². The number of aromatic nitrogens is 2. The van der Waals surface area contributed by atoms with Gasteiger partial charge in [-0.2, -0.15) is 0 Å². The van der Waals surface area contributed by atoms with Crippen LogP contribution >= 0.6 is 0 Å². The zero-order valence-corrected chi connectivity index (χ0v) is 15.8. The summed E-state index contributed by atoms with van der Waals surface area (Å²) in [5.41, 5.74) is 3.80. The van der Waals surface area contributed by atoms with Crippen LogP contribution in [-0.4, -0.2) is 29.2 Å². The van der Waals surface area contributed by atoms with Gasteiger partial charge in [0, 0.05) is 30.2 Å². The molecule has 0 aliphatic carbocycles. The third kappa shape index (κ3) is 4.31. The number of hydrogen-bond acceptors (Lipinski definition) is 6. The molecule has 1 fully saturated rings. The second-order valence-corrected chi connectivity index (χ2v) is 6.96. The first kappa shape index (κ1) is 18.0. The maximum absolute atomic E-state index is 12.4. The van der Waals surface area contributed by atoms with E-state index in [0.717, 1.165) is 24.3 Å². The van der Waals surface area contributed by atoms with Gasteiger partial charge in [-0.1, -0.05) is 17.2 Å². The molecule has 7 nitrogen and oxygen atoms in total. The molecule has 2 heterocycles. The highest BCUT2D eigenvalue weighted by atomic mass is 16.4. The lowest BCUT2D eigenvalue weighted by atomic mass is 10.1. The Bertz CT molecular complexity index is 945. The molecule has 1 saturated heterocycles.